The number of carbonyl (C=O) groups is 1. The van der Waals surface area contributed by atoms with Crippen LogP contribution < -0.4 is 4.84 Å². The number of fused-ring (bicyclic) bond motifs is 1. The third-order valence-corrected chi connectivity index (χ3v) is 2.61. The van der Waals surface area contributed by atoms with Crippen molar-refractivity contribution in [3.8, 4) is 5.75 Å². The quantitative estimate of drug-likeness (QED) is 0.700. The highest BCUT2D eigenvalue weighted by Crippen LogP contribution is 2.16. The third kappa shape index (κ3) is 1.99. The van der Waals surface area contributed by atoms with E-state index in [4.69, 9.17) is 4.84 Å². The summed E-state index contributed by atoms with van der Waals surface area (Å²) < 4.78 is 0. The van der Waals surface area contributed by atoms with Crippen molar-refractivity contribution >= 4 is 17.0 Å². The summed E-state index contributed by atoms with van der Waals surface area (Å²) in [6, 6.07) is 13.2. The molecule has 1 N–H and O–H groups in total. The average Bonchev–Trinajstić information content (AvgIpc) is 2.83. The normalized spacial score (nSPS) is 10.5. The number of phenolic OH excluding ortho intramolecular Hbond substituents is 1. The summed E-state index contributed by atoms with van der Waals surface area (Å²) in [5, 5.41) is 17.2. The number of carbonyl (C=O) groups excluding carboxylic acids is 1. The number of nitrogens with zero attached hydrogens (tertiary/aromatic N) is 3. The first kappa shape index (κ1) is 11.2. The second-order valence-corrected chi connectivity index (χ2v) is 3.85. The molecular formula is C13H9N3O3. The third-order valence-electron chi connectivity index (χ3n) is 2.61. The first-order chi connectivity index (χ1) is 9.25. The topological polar surface area (TPSA) is 77.2 Å². The van der Waals surface area contributed by atoms with Gasteiger partial charge in [0.25, 0.3) is 0 Å². The molecule has 0 radical (unpaired) electrons. The summed E-state index contributed by atoms with van der Waals surface area (Å²) in [7, 11) is 0. The van der Waals surface area contributed by atoms with Crippen molar-refractivity contribution in [1.82, 2.24) is 15.2 Å². The lowest BCUT2D eigenvalue weighted by Gasteiger charge is -2.04. The van der Waals surface area contributed by atoms with Crippen LogP contribution in [-0.2, 0) is 0 Å². The van der Waals surface area contributed by atoms with Crippen LogP contribution in [0.2, 0.25) is 0 Å². The minimum atomic E-state index is -0.700. The minimum absolute atomic E-state index is 0.0714. The van der Waals surface area contributed by atoms with Gasteiger partial charge < -0.3 is 9.94 Å². The zero-order valence-electron chi connectivity index (χ0n) is 9.72. The summed E-state index contributed by atoms with van der Waals surface area (Å²) >= 11 is 0. The lowest BCUT2D eigenvalue weighted by atomic mass is 10.2. The highest BCUT2D eigenvalue weighted by atomic mass is 16.7. The molecule has 2 aromatic carbocycles. The molecule has 0 atom stereocenters. The molecule has 1 aromatic heterocycles. The van der Waals surface area contributed by atoms with Gasteiger partial charge in [0.2, 0.25) is 0 Å². The van der Waals surface area contributed by atoms with Gasteiger partial charge >= 0.3 is 5.97 Å². The van der Waals surface area contributed by atoms with Gasteiger partial charge in [-0.3, -0.25) is 0 Å². The molecule has 0 aliphatic carbocycles. The fraction of sp³-hybridized carbons (Fsp3) is 0. The Morgan fingerprint density at radius 3 is 2.68 bits per heavy atom. The number of aromatic nitrogens is 3. The molecule has 1 heterocycles. The number of benzene rings is 2. The van der Waals surface area contributed by atoms with Crippen molar-refractivity contribution in [3.05, 3.63) is 54.1 Å². The molecule has 0 bridgehead atoms. The molecule has 0 spiro atoms. The molecule has 0 unspecified atom stereocenters. The Hall–Kier alpha value is -2.89. The highest BCUT2D eigenvalue weighted by Gasteiger charge is 2.15. The molecule has 0 saturated heterocycles. The van der Waals surface area contributed by atoms with Crippen molar-refractivity contribution < 1.29 is 14.7 Å². The van der Waals surface area contributed by atoms with Gasteiger partial charge in [-0.25, -0.2) is 4.79 Å². The number of hydrogen-bond acceptors (Lipinski definition) is 5. The minimum Gasteiger partial charge on any atom is -0.507 e. The summed E-state index contributed by atoms with van der Waals surface area (Å²) in [5.74, 6) is -0.842. The van der Waals surface area contributed by atoms with Crippen LogP contribution in [0.4, 0.5) is 0 Å². The highest BCUT2D eigenvalue weighted by molar-refractivity contribution is 5.92. The van der Waals surface area contributed by atoms with Crippen LogP contribution in [0, 0.1) is 0 Å². The lowest BCUT2D eigenvalue weighted by Crippen LogP contribution is -2.21. The summed E-state index contributed by atoms with van der Waals surface area (Å²) in [6.07, 6.45) is 0. The predicted octanol–water partition coefficient (Wildman–Crippen LogP) is 1.41. The van der Waals surface area contributed by atoms with Crippen molar-refractivity contribution in [3.63, 3.8) is 0 Å². The standard InChI is InChI=1S/C13H9N3O3/c17-12-8-4-1-5-9(12)13(18)19-16-11-7-3-2-6-10(11)14-15-16/h1-8,17H. The molecule has 94 valence electrons. The van der Waals surface area contributed by atoms with Gasteiger partial charge in [-0.15, -0.1) is 5.10 Å². The van der Waals surface area contributed by atoms with Gasteiger partial charge in [0.05, 0.1) is 0 Å². The van der Waals surface area contributed by atoms with E-state index in [1.54, 1.807) is 30.3 Å². The fourth-order valence-corrected chi connectivity index (χ4v) is 1.69. The van der Waals surface area contributed by atoms with Crippen molar-refractivity contribution in [2.45, 2.75) is 0 Å². The van der Waals surface area contributed by atoms with E-state index < -0.39 is 5.97 Å². The summed E-state index contributed by atoms with van der Waals surface area (Å²) in [4.78, 5) is 18.0. The molecule has 0 saturated carbocycles. The van der Waals surface area contributed by atoms with Crippen LogP contribution in [0.3, 0.4) is 0 Å². The van der Waals surface area contributed by atoms with E-state index in [1.807, 2.05) is 6.07 Å². The Morgan fingerprint density at radius 1 is 1.11 bits per heavy atom. The monoisotopic (exact) mass is 255 g/mol. The maximum absolute atomic E-state index is 11.9. The van der Waals surface area contributed by atoms with Gasteiger partial charge in [0, 0.05) is 0 Å². The van der Waals surface area contributed by atoms with E-state index in [0.29, 0.717) is 11.0 Å². The zero-order chi connectivity index (χ0) is 13.2. The van der Waals surface area contributed by atoms with E-state index in [1.165, 1.54) is 12.1 Å². The predicted molar refractivity (Wildman–Crippen MR) is 66.5 cm³/mol. The van der Waals surface area contributed by atoms with Gasteiger partial charge in [0.1, 0.15) is 22.3 Å². The Balaban J connectivity index is 1.94. The number of para-hydroxylation sites is 2. The fourth-order valence-electron chi connectivity index (χ4n) is 1.69. The largest absolute Gasteiger partial charge is 0.507 e. The maximum Gasteiger partial charge on any atom is 0.369 e. The van der Waals surface area contributed by atoms with Crippen molar-refractivity contribution in [1.29, 1.82) is 0 Å². The first-order valence-corrected chi connectivity index (χ1v) is 5.57. The molecule has 3 aromatic rings. The Kier molecular flexibility index (Phi) is 2.60. The van der Waals surface area contributed by atoms with Crippen molar-refractivity contribution in [2.75, 3.05) is 0 Å². The molecule has 0 aliphatic heterocycles. The zero-order valence-corrected chi connectivity index (χ0v) is 9.72. The van der Waals surface area contributed by atoms with Gasteiger partial charge in [0.15, 0.2) is 0 Å². The molecule has 6 heteroatoms. The number of aromatic hydroxyl groups is 1. The van der Waals surface area contributed by atoms with E-state index in [-0.39, 0.29) is 11.3 Å². The maximum atomic E-state index is 11.9. The molecule has 6 nitrogen and oxygen atoms in total. The van der Waals surface area contributed by atoms with E-state index in [0.717, 1.165) is 4.85 Å². The number of phenols is 1. The van der Waals surface area contributed by atoms with E-state index in [9.17, 15) is 9.90 Å². The molecule has 19 heavy (non-hydrogen) atoms. The van der Waals surface area contributed by atoms with Crippen LogP contribution in [0.15, 0.2) is 48.5 Å². The summed E-state index contributed by atoms with van der Waals surface area (Å²) in [6.45, 7) is 0. The average molecular weight is 255 g/mol. The summed E-state index contributed by atoms with van der Waals surface area (Å²) in [5.41, 5.74) is 1.26. The van der Waals surface area contributed by atoms with Crippen molar-refractivity contribution in [2.24, 2.45) is 0 Å². The lowest BCUT2D eigenvalue weighted by molar-refractivity contribution is 0.0405. The molecule has 3 rings (SSSR count). The van der Waals surface area contributed by atoms with E-state index in [2.05, 4.69) is 10.3 Å². The van der Waals surface area contributed by atoms with Crippen LogP contribution in [0.1, 0.15) is 10.4 Å². The second-order valence-electron chi connectivity index (χ2n) is 3.85. The second kappa shape index (κ2) is 4.41. The van der Waals surface area contributed by atoms with Crippen LogP contribution in [0.25, 0.3) is 11.0 Å². The Labute approximate surface area is 107 Å². The van der Waals surface area contributed by atoms with Gasteiger partial charge in [-0.05, 0) is 29.5 Å². The SMILES string of the molecule is O=C(On1nnc2ccccc21)c1ccccc1O. The van der Waals surface area contributed by atoms with Crippen LogP contribution in [0.5, 0.6) is 5.75 Å². The Morgan fingerprint density at radius 2 is 1.84 bits per heavy atom. The smallest absolute Gasteiger partial charge is 0.369 e. The molecule has 0 fully saturated rings. The Bertz CT molecular complexity index is 751. The number of rotatable bonds is 2. The van der Waals surface area contributed by atoms with Crippen LogP contribution in [-0.4, -0.2) is 26.2 Å². The first-order valence-electron chi connectivity index (χ1n) is 5.57. The van der Waals surface area contributed by atoms with Gasteiger partial charge in [-0.1, -0.05) is 29.1 Å². The molecular weight excluding hydrogens is 246 g/mol. The van der Waals surface area contributed by atoms with Crippen LogP contribution >= 0.6 is 0 Å². The molecule has 0 amide bonds. The van der Waals surface area contributed by atoms with Gasteiger partial charge in [-0.2, -0.15) is 0 Å². The number of hydrogen-bond donors (Lipinski definition) is 1. The molecule has 0 aliphatic rings. The van der Waals surface area contributed by atoms with E-state index >= 15 is 0 Å².